The molecule has 2 aromatic heterocycles. The zero-order valence-electron chi connectivity index (χ0n) is 9.62. The molecule has 0 bridgehead atoms. The maximum atomic E-state index is 11.9. The largest absolute Gasteiger partial charge is 0.444 e. The Morgan fingerprint density at radius 3 is 2.65 bits per heavy atom. The fraction of sp³-hybridized carbons (Fsp3) is 0. The number of rotatable bonds is 2. The standard InChI is InChI=1S/C12H5BrCl2N2O2S/c13-8-4-3-7(19-8)11(18)17-12-16-9-5(14)1-2-6(15)10(9)20-12/h1-4H,(H,16,17,18). The molecule has 3 aromatic rings. The van der Waals surface area contributed by atoms with Crippen molar-refractivity contribution in [3.05, 3.63) is 44.7 Å². The lowest BCUT2D eigenvalue weighted by Crippen LogP contribution is -2.10. The smallest absolute Gasteiger partial charge is 0.293 e. The molecule has 0 saturated carbocycles. The number of fused-ring (bicyclic) bond motifs is 1. The first kappa shape index (κ1) is 13.9. The second kappa shape index (κ2) is 5.37. The number of furan rings is 1. The van der Waals surface area contributed by atoms with Gasteiger partial charge in [-0.1, -0.05) is 34.5 Å². The summed E-state index contributed by atoms with van der Waals surface area (Å²) in [5, 5.41) is 4.09. The highest BCUT2D eigenvalue weighted by atomic mass is 79.9. The van der Waals surface area contributed by atoms with Gasteiger partial charge in [0.15, 0.2) is 15.6 Å². The average molecular weight is 392 g/mol. The lowest BCUT2D eigenvalue weighted by Gasteiger charge is -1.96. The summed E-state index contributed by atoms with van der Waals surface area (Å²) in [7, 11) is 0. The van der Waals surface area contributed by atoms with Crippen molar-refractivity contribution in [2.45, 2.75) is 0 Å². The Morgan fingerprint density at radius 1 is 1.25 bits per heavy atom. The zero-order chi connectivity index (χ0) is 14.3. The third kappa shape index (κ3) is 2.56. The van der Waals surface area contributed by atoms with Crippen LogP contribution in [0.2, 0.25) is 10.0 Å². The fourth-order valence-corrected chi connectivity index (χ4v) is 3.32. The number of amides is 1. The van der Waals surface area contributed by atoms with E-state index in [2.05, 4.69) is 26.2 Å². The second-order valence-corrected chi connectivity index (χ2v) is 6.38. The number of halogens is 3. The minimum atomic E-state index is -0.387. The number of anilines is 1. The lowest BCUT2D eigenvalue weighted by molar-refractivity contribution is 0.0995. The first-order chi connectivity index (χ1) is 9.54. The van der Waals surface area contributed by atoms with Crippen LogP contribution in [-0.2, 0) is 0 Å². The summed E-state index contributed by atoms with van der Waals surface area (Å²) in [5.74, 6) is -0.199. The van der Waals surface area contributed by atoms with Crippen LogP contribution in [0.1, 0.15) is 10.6 Å². The van der Waals surface area contributed by atoms with Gasteiger partial charge in [0.25, 0.3) is 5.91 Å². The van der Waals surface area contributed by atoms with Crippen molar-refractivity contribution in [3.8, 4) is 0 Å². The molecule has 0 radical (unpaired) electrons. The highest BCUT2D eigenvalue weighted by Gasteiger charge is 2.15. The van der Waals surface area contributed by atoms with Crippen LogP contribution in [0.25, 0.3) is 10.2 Å². The first-order valence-electron chi connectivity index (χ1n) is 5.36. The van der Waals surface area contributed by atoms with E-state index < -0.39 is 0 Å². The predicted octanol–water partition coefficient (Wildman–Crippen LogP) is 5.21. The summed E-state index contributed by atoms with van der Waals surface area (Å²) in [4.78, 5) is 16.2. The molecule has 1 N–H and O–H groups in total. The summed E-state index contributed by atoms with van der Waals surface area (Å²) in [6, 6.07) is 6.56. The zero-order valence-corrected chi connectivity index (χ0v) is 13.5. The lowest BCUT2D eigenvalue weighted by atomic mass is 10.3. The van der Waals surface area contributed by atoms with E-state index in [1.165, 1.54) is 11.3 Å². The molecule has 0 aliphatic rings. The number of hydrogen-bond acceptors (Lipinski definition) is 4. The third-order valence-electron chi connectivity index (χ3n) is 2.46. The van der Waals surface area contributed by atoms with Gasteiger partial charge in [0.1, 0.15) is 5.52 Å². The Hall–Kier alpha value is -1.08. The normalized spacial score (nSPS) is 10.9. The summed E-state index contributed by atoms with van der Waals surface area (Å²) in [6.07, 6.45) is 0. The maximum absolute atomic E-state index is 11.9. The van der Waals surface area contributed by atoms with Gasteiger partial charge >= 0.3 is 0 Å². The molecule has 8 heteroatoms. The van der Waals surface area contributed by atoms with Crippen molar-refractivity contribution < 1.29 is 9.21 Å². The van der Waals surface area contributed by atoms with E-state index in [1.54, 1.807) is 24.3 Å². The highest BCUT2D eigenvalue weighted by molar-refractivity contribution is 9.10. The molecule has 1 amide bonds. The van der Waals surface area contributed by atoms with Gasteiger partial charge in [0, 0.05) is 0 Å². The molecule has 3 rings (SSSR count). The van der Waals surface area contributed by atoms with E-state index >= 15 is 0 Å². The Labute approximate surface area is 135 Å². The molecule has 102 valence electrons. The van der Waals surface area contributed by atoms with E-state index in [9.17, 15) is 4.79 Å². The second-order valence-electron chi connectivity index (χ2n) is 3.78. The monoisotopic (exact) mass is 390 g/mol. The van der Waals surface area contributed by atoms with E-state index in [-0.39, 0.29) is 11.7 Å². The topological polar surface area (TPSA) is 55.1 Å². The van der Waals surface area contributed by atoms with Crippen molar-refractivity contribution >= 4 is 71.7 Å². The number of aromatic nitrogens is 1. The molecular weight excluding hydrogens is 387 g/mol. The van der Waals surface area contributed by atoms with E-state index in [4.69, 9.17) is 27.6 Å². The van der Waals surface area contributed by atoms with Crippen molar-refractivity contribution in [1.82, 2.24) is 4.98 Å². The summed E-state index contributed by atoms with van der Waals surface area (Å²) in [5.41, 5.74) is 0.570. The molecule has 0 aliphatic heterocycles. The van der Waals surface area contributed by atoms with Gasteiger partial charge in [-0.2, -0.15) is 0 Å². The number of benzene rings is 1. The number of carbonyl (C=O) groups excluding carboxylic acids is 1. The quantitative estimate of drug-likeness (QED) is 0.652. The Morgan fingerprint density at radius 2 is 2.00 bits per heavy atom. The molecule has 1 aromatic carbocycles. The van der Waals surface area contributed by atoms with Crippen LogP contribution in [0.3, 0.4) is 0 Å². The molecule has 0 atom stereocenters. The molecule has 0 unspecified atom stereocenters. The van der Waals surface area contributed by atoms with Crippen molar-refractivity contribution in [2.24, 2.45) is 0 Å². The highest BCUT2D eigenvalue weighted by Crippen LogP contribution is 2.36. The van der Waals surface area contributed by atoms with Crippen LogP contribution in [-0.4, -0.2) is 10.9 Å². The van der Waals surface area contributed by atoms with Gasteiger partial charge in [0.05, 0.1) is 14.7 Å². The van der Waals surface area contributed by atoms with Crippen LogP contribution in [0.4, 0.5) is 5.13 Å². The maximum Gasteiger partial charge on any atom is 0.293 e. The Kier molecular flexibility index (Phi) is 3.72. The minimum Gasteiger partial charge on any atom is -0.444 e. The number of thiazole rings is 1. The molecule has 2 heterocycles. The van der Waals surface area contributed by atoms with Gasteiger partial charge < -0.3 is 4.42 Å². The molecule has 0 saturated heterocycles. The third-order valence-corrected chi connectivity index (χ3v) is 4.63. The summed E-state index contributed by atoms with van der Waals surface area (Å²) >= 11 is 16.5. The average Bonchev–Trinajstić information content (AvgIpc) is 3.01. The van der Waals surface area contributed by atoms with Crippen LogP contribution < -0.4 is 5.32 Å². The van der Waals surface area contributed by atoms with Gasteiger partial charge in [-0.25, -0.2) is 4.98 Å². The van der Waals surface area contributed by atoms with Crippen molar-refractivity contribution in [3.63, 3.8) is 0 Å². The summed E-state index contributed by atoms with van der Waals surface area (Å²) < 4.78 is 6.38. The summed E-state index contributed by atoms with van der Waals surface area (Å²) in [6.45, 7) is 0. The molecular formula is C12H5BrCl2N2O2S. The Bertz CT molecular complexity index is 776. The van der Waals surface area contributed by atoms with E-state index in [1.807, 2.05) is 0 Å². The number of carbonyl (C=O) groups is 1. The Balaban J connectivity index is 1.93. The first-order valence-corrected chi connectivity index (χ1v) is 7.72. The molecule has 0 spiro atoms. The molecule has 0 fully saturated rings. The molecule has 0 aliphatic carbocycles. The van der Waals surface area contributed by atoms with Crippen molar-refractivity contribution in [2.75, 3.05) is 5.32 Å². The van der Waals surface area contributed by atoms with E-state index in [0.29, 0.717) is 25.4 Å². The minimum absolute atomic E-state index is 0.188. The van der Waals surface area contributed by atoms with Gasteiger partial charge in [-0.15, -0.1) is 0 Å². The predicted molar refractivity (Wildman–Crippen MR) is 84.0 cm³/mol. The number of nitrogens with one attached hydrogen (secondary N) is 1. The van der Waals surface area contributed by atoms with Crippen LogP contribution in [0, 0.1) is 0 Å². The molecule has 4 nitrogen and oxygen atoms in total. The fourth-order valence-electron chi connectivity index (χ4n) is 1.59. The number of nitrogens with zero attached hydrogens (tertiary/aromatic N) is 1. The van der Waals surface area contributed by atoms with Crippen LogP contribution in [0.5, 0.6) is 0 Å². The van der Waals surface area contributed by atoms with E-state index in [0.717, 1.165) is 4.70 Å². The van der Waals surface area contributed by atoms with Gasteiger partial charge in [0.2, 0.25) is 0 Å². The SMILES string of the molecule is O=C(Nc1nc2c(Cl)ccc(Cl)c2s1)c1ccc(Br)o1. The van der Waals surface area contributed by atoms with Crippen LogP contribution >= 0.6 is 50.5 Å². The van der Waals surface area contributed by atoms with Crippen molar-refractivity contribution in [1.29, 1.82) is 0 Å². The van der Waals surface area contributed by atoms with Gasteiger partial charge in [-0.3, -0.25) is 10.1 Å². The van der Waals surface area contributed by atoms with Gasteiger partial charge in [-0.05, 0) is 40.2 Å². The number of hydrogen-bond donors (Lipinski definition) is 1. The van der Waals surface area contributed by atoms with Crippen LogP contribution in [0.15, 0.2) is 33.4 Å². The molecule has 20 heavy (non-hydrogen) atoms.